The summed E-state index contributed by atoms with van der Waals surface area (Å²) in [4.78, 5) is 5.88. The molecule has 1 aliphatic rings. The first-order valence-corrected chi connectivity index (χ1v) is 9.26. The highest BCUT2D eigenvalue weighted by Crippen LogP contribution is 2.26. The summed E-state index contributed by atoms with van der Waals surface area (Å²) < 4.78 is 0. The highest BCUT2D eigenvalue weighted by atomic mass is 16.3. The maximum absolute atomic E-state index is 10.4. The molecule has 130 valence electrons. The molecule has 1 fully saturated rings. The van der Waals surface area contributed by atoms with Gasteiger partial charge in [-0.1, -0.05) is 32.1 Å². The van der Waals surface area contributed by atoms with Crippen molar-refractivity contribution in [3.8, 4) is 0 Å². The molecule has 1 atom stereocenters. The van der Waals surface area contributed by atoms with Crippen molar-refractivity contribution in [2.24, 2.45) is 0 Å². The Hall–Kier alpha value is -1.58. The molecule has 1 aliphatic heterocycles. The summed E-state index contributed by atoms with van der Waals surface area (Å²) >= 11 is 0. The van der Waals surface area contributed by atoms with E-state index in [9.17, 15) is 5.11 Å². The smallest absolute Gasteiger partial charge is 0.0825 e. The number of nitrogens with zero attached hydrogens (tertiary/aromatic N) is 1. The molecule has 0 saturated carbocycles. The minimum Gasteiger partial charge on any atom is -0.386 e. The largest absolute Gasteiger partial charge is 0.386 e. The number of rotatable bonds is 6. The van der Waals surface area contributed by atoms with E-state index >= 15 is 0 Å². The van der Waals surface area contributed by atoms with Gasteiger partial charge >= 0.3 is 0 Å². The van der Waals surface area contributed by atoms with Crippen LogP contribution in [0.25, 0.3) is 17.0 Å². The fourth-order valence-corrected chi connectivity index (χ4v) is 3.70. The predicted octanol–water partition coefficient (Wildman–Crippen LogP) is 4.37. The van der Waals surface area contributed by atoms with Gasteiger partial charge in [0.15, 0.2) is 0 Å². The minimum atomic E-state index is -0.692. The molecule has 2 aromatic rings. The van der Waals surface area contributed by atoms with E-state index in [1.54, 1.807) is 0 Å². The molecule has 0 unspecified atom stereocenters. The van der Waals surface area contributed by atoms with Crippen molar-refractivity contribution in [2.45, 2.75) is 57.6 Å². The molecule has 1 aromatic heterocycles. The number of aliphatic hydroxyl groups is 1. The van der Waals surface area contributed by atoms with Gasteiger partial charge in [-0.15, -0.1) is 0 Å². The number of aromatic amines is 1. The van der Waals surface area contributed by atoms with E-state index in [2.05, 4.69) is 47.4 Å². The topological polar surface area (TPSA) is 39.3 Å². The Morgan fingerprint density at radius 2 is 2.12 bits per heavy atom. The number of likely N-dealkylation sites (N-methyl/N-ethyl adjacent to an activating group) is 1. The zero-order chi connectivity index (χ0) is 17.2. The van der Waals surface area contributed by atoms with Gasteiger partial charge in [0.25, 0.3) is 0 Å². The van der Waals surface area contributed by atoms with Crippen LogP contribution in [-0.2, 0) is 6.42 Å². The maximum atomic E-state index is 10.4. The minimum absolute atomic E-state index is 0.661. The van der Waals surface area contributed by atoms with Crippen molar-refractivity contribution >= 4 is 17.0 Å². The number of benzene rings is 1. The summed E-state index contributed by atoms with van der Waals surface area (Å²) in [7, 11) is 2.23. The number of likely N-dealkylation sites (tertiary alicyclic amines) is 1. The fraction of sp³-hybridized carbons (Fsp3) is 0.524. The van der Waals surface area contributed by atoms with Gasteiger partial charge in [-0.2, -0.15) is 0 Å². The van der Waals surface area contributed by atoms with Crippen LogP contribution in [0.3, 0.4) is 0 Å². The molecule has 2 heterocycles. The monoisotopic (exact) mass is 326 g/mol. The highest BCUT2D eigenvalue weighted by Gasteiger charge is 2.22. The number of hydrogen-bond donors (Lipinski definition) is 2. The molecule has 24 heavy (non-hydrogen) atoms. The lowest BCUT2D eigenvalue weighted by Crippen LogP contribution is -2.26. The molecule has 0 aliphatic carbocycles. The Morgan fingerprint density at radius 1 is 1.33 bits per heavy atom. The number of aromatic nitrogens is 1. The molecule has 0 amide bonds. The van der Waals surface area contributed by atoms with Crippen LogP contribution in [0.1, 0.15) is 50.7 Å². The van der Waals surface area contributed by atoms with Crippen molar-refractivity contribution in [3.63, 3.8) is 0 Å². The number of H-pyrrole nitrogens is 1. The van der Waals surface area contributed by atoms with E-state index in [4.69, 9.17) is 0 Å². The first-order valence-electron chi connectivity index (χ1n) is 9.26. The molecule has 1 aromatic carbocycles. The molecule has 3 heteroatoms. The Morgan fingerprint density at radius 3 is 2.79 bits per heavy atom. The van der Waals surface area contributed by atoms with E-state index in [0.29, 0.717) is 6.04 Å². The summed E-state index contributed by atoms with van der Waals surface area (Å²) in [5, 5.41) is 11.8. The molecule has 0 spiro atoms. The van der Waals surface area contributed by atoms with E-state index in [1.165, 1.54) is 35.9 Å². The fourth-order valence-electron chi connectivity index (χ4n) is 3.70. The van der Waals surface area contributed by atoms with Gasteiger partial charge in [0.2, 0.25) is 0 Å². The van der Waals surface area contributed by atoms with Gasteiger partial charge in [0, 0.05) is 23.1 Å². The molecular weight excluding hydrogens is 296 g/mol. The summed E-state index contributed by atoms with van der Waals surface area (Å²) in [5.41, 5.74) is 3.07. The third kappa shape index (κ3) is 3.57. The van der Waals surface area contributed by atoms with Gasteiger partial charge in [0.1, 0.15) is 0 Å². The van der Waals surface area contributed by atoms with Crippen molar-refractivity contribution in [2.75, 3.05) is 13.6 Å². The van der Waals surface area contributed by atoms with Gasteiger partial charge in [0.05, 0.1) is 5.60 Å². The summed E-state index contributed by atoms with van der Waals surface area (Å²) in [5.74, 6) is 0. The summed E-state index contributed by atoms with van der Waals surface area (Å²) in [6, 6.07) is 7.17. The van der Waals surface area contributed by atoms with Crippen LogP contribution >= 0.6 is 0 Å². The average Bonchev–Trinajstić information content (AvgIpc) is 3.19. The van der Waals surface area contributed by atoms with Crippen molar-refractivity contribution in [1.82, 2.24) is 9.88 Å². The number of hydrogen-bond acceptors (Lipinski definition) is 2. The Bertz CT molecular complexity index is 712. The van der Waals surface area contributed by atoms with E-state index in [1.807, 2.05) is 19.9 Å². The van der Waals surface area contributed by atoms with Gasteiger partial charge in [-0.05, 0) is 69.0 Å². The zero-order valence-corrected chi connectivity index (χ0v) is 15.2. The Kier molecular flexibility index (Phi) is 5.12. The average molecular weight is 326 g/mol. The third-order valence-corrected chi connectivity index (χ3v) is 5.73. The number of fused-ring (bicyclic) bond motifs is 1. The zero-order valence-electron chi connectivity index (χ0n) is 15.2. The molecule has 3 nitrogen and oxygen atoms in total. The second-order valence-corrected chi connectivity index (χ2v) is 7.24. The van der Waals surface area contributed by atoms with Gasteiger partial charge < -0.3 is 15.0 Å². The molecule has 3 rings (SSSR count). The molecule has 1 saturated heterocycles. The first kappa shape index (κ1) is 17.2. The van der Waals surface area contributed by atoms with Crippen LogP contribution in [0.2, 0.25) is 0 Å². The molecule has 0 radical (unpaired) electrons. The van der Waals surface area contributed by atoms with Gasteiger partial charge in [-0.3, -0.25) is 0 Å². The lowest BCUT2D eigenvalue weighted by atomic mass is 9.95. The maximum Gasteiger partial charge on any atom is 0.0825 e. The highest BCUT2D eigenvalue weighted by molar-refractivity contribution is 5.85. The van der Waals surface area contributed by atoms with Gasteiger partial charge in [-0.25, -0.2) is 0 Å². The predicted molar refractivity (Wildman–Crippen MR) is 102 cm³/mol. The summed E-state index contributed by atoms with van der Waals surface area (Å²) in [6.07, 6.45) is 11.4. The molecular formula is C21H30N2O. The second kappa shape index (κ2) is 7.12. The van der Waals surface area contributed by atoms with E-state index in [0.717, 1.165) is 24.8 Å². The van der Waals surface area contributed by atoms with Crippen LogP contribution < -0.4 is 0 Å². The second-order valence-electron chi connectivity index (χ2n) is 7.24. The lowest BCUT2D eigenvalue weighted by molar-refractivity contribution is 0.0836. The summed E-state index contributed by atoms with van der Waals surface area (Å²) in [6.45, 7) is 5.27. The van der Waals surface area contributed by atoms with Crippen LogP contribution in [0, 0.1) is 0 Å². The number of nitrogens with one attached hydrogen (secondary N) is 1. The lowest BCUT2D eigenvalue weighted by Gasteiger charge is -2.20. The van der Waals surface area contributed by atoms with Crippen LogP contribution in [-0.4, -0.2) is 40.2 Å². The Labute approximate surface area is 145 Å². The third-order valence-electron chi connectivity index (χ3n) is 5.73. The van der Waals surface area contributed by atoms with Crippen LogP contribution in [0.15, 0.2) is 30.5 Å². The van der Waals surface area contributed by atoms with Crippen molar-refractivity contribution in [1.29, 1.82) is 0 Å². The standard InChI is InChI=1S/C21H30N2O/c1-4-21(24,5-2)11-10-16-8-9-20-19(13-16)17(15-22-20)14-18-7-6-12-23(18)3/h8-11,13,15,18,22,24H,4-7,12,14H2,1-3H3/t18-/m1/s1. The van der Waals surface area contributed by atoms with Crippen LogP contribution in [0.5, 0.6) is 0 Å². The molecule has 0 bridgehead atoms. The first-order chi connectivity index (χ1) is 11.5. The van der Waals surface area contributed by atoms with E-state index in [-0.39, 0.29) is 0 Å². The van der Waals surface area contributed by atoms with Crippen molar-refractivity contribution < 1.29 is 5.11 Å². The van der Waals surface area contributed by atoms with Crippen LogP contribution in [0.4, 0.5) is 0 Å². The Balaban J connectivity index is 1.84. The quantitative estimate of drug-likeness (QED) is 0.827. The SMILES string of the molecule is CCC(O)(C=Cc1ccc2[nH]cc(C[C@H]3CCCN3C)c2c1)CC. The molecule has 2 N–H and O–H groups in total. The normalized spacial score (nSPS) is 19.8. The van der Waals surface area contributed by atoms with E-state index < -0.39 is 5.60 Å². The van der Waals surface area contributed by atoms with Crippen molar-refractivity contribution in [3.05, 3.63) is 41.6 Å².